The maximum atomic E-state index is 13.1. The Morgan fingerprint density at radius 1 is 1.24 bits per heavy atom. The van der Waals surface area contributed by atoms with Crippen LogP contribution < -0.4 is 5.56 Å². The highest BCUT2D eigenvalue weighted by Crippen LogP contribution is 2.24. The summed E-state index contributed by atoms with van der Waals surface area (Å²) in [6, 6.07) is 6.56. The molecule has 2 aromatic heterocycles. The summed E-state index contributed by atoms with van der Waals surface area (Å²) < 4.78 is 16.0. The van der Waals surface area contributed by atoms with E-state index in [4.69, 9.17) is 0 Å². The highest BCUT2D eigenvalue weighted by Gasteiger charge is 2.27. The average Bonchev–Trinajstić information content (AvgIpc) is 3.36. The number of carbonyl (C=O) groups excluding carboxylic acids is 1. The van der Waals surface area contributed by atoms with Crippen molar-refractivity contribution in [1.82, 2.24) is 24.2 Å². The molecule has 0 N–H and O–H groups in total. The number of hydrogen-bond donors (Lipinski definition) is 0. The molecule has 0 bridgehead atoms. The van der Waals surface area contributed by atoms with Gasteiger partial charge in [-0.1, -0.05) is 25.0 Å². The van der Waals surface area contributed by atoms with Crippen LogP contribution in [0.4, 0.5) is 4.39 Å². The van der Waals surface area contributed by atoms with Gasteiger partial charge in [0.2, 0.25) is 5.91 Å². The Bertz CT molecular complexity index is 1070. The van der Waals surface area contributed by atoms with E-state index in [1.807, 2.05) is 4.90 Å². The number of hydrogen-bond acceptors (Lipinski definition) is 4. The maximum Gasteiger partial charge on any atom is 0.264 e. The molecule has 4 rings (SSSR count). The zero-order valence-corrected chi connectivity index (χ0v) is 16.4. The fourth-order valence-corrected chi connectivity index (χ4v) is 4.04. The molecule has 1 aliphatic carbocycles. The van der Waals surface area contributed by atoms with Gasteiger partial charge in [-0.05, 0) is 37.0 Å². The number of nitrogens with zero attached hydrogens (tertiary/aromatic N) is 5. The molecule has 1 amide bonds. The third kappa shape index (κ3) is 4.06. The van der Waals surface area contributed by atoms with Gasteiger partial charge >= 0.3 is 0 Å². The summed E-state index contributed by atoms with van der Waals surface area (Å²) in [5.41, 5.74) is 1.22. The van der Waals surface area contributed by atoms with Crippen LogP contribution in [0.1, 0.15) is 31.2 Å². The summed E-state index contributed by atoms with van der Waals surface area (Å²) in [6.45, 7) is 0.503. The number of amides is 1. The summed E-state index contributed by atoms with van der Waals surface area (Å²) in [6.07, 6.45) is 7.71. The number of aromatic nitrogens is 4. The van der Waals surface area contributed by atoms with Crippen molar-refractivity contribution in [2.45, 2.75) is 44.7 Å². The number of rotatable bonds is 6. The normalized spacial score (nSPS) is 14.6. The maximum absolute atomic E-state index is 13.1. The van der Waals surface area contributed by atoms with Crippen molar-refractivity contribution in [3.05, 3.63) is 58.5 Å². The van der Waals surface area contributed by atoms with Crippen LogP contribution >= 0.6 is 0 Å². The van der Waals surface area contributed by atoms with Crippen molar-refractivity contribution in [3.8, 4) is 0 Å². The summed E-state index contributed by atoms with van der Waals surface area (Å²) in [4.78, 5) is 32.0. The molecule has 29 heavy (non-hydrogen) atoms. The van der Waals surface area contributed by atoms with E-state index in [9.17, 15) is 14.0 Å². The summed E-state index contributed by atoms with van der Waals surface area (Å²) in [5, 5.41) is 4.47. The van der Waals surface area contributed by atoms with Crippen molar-refractivity contribution >= 4 is 16.9 Å². The van der Waals surface area contributed by atoms with E-state index in [0.717, 1.165) is 31.2 Å². The minimum Gasteiger partial charge on any atom is -0.338 e. The van der Waals surface area contributed by atoms with Crippen molar-refractivity contribution < 1.29 is 9.18 Å². The lowest BCUT2D eigenvalue weighted by atomic mass is 10.1. The third-order valence-electron chi connectivity index (χ3n) is 5.66. The van der Waals surface area contributed by atoms with Gasteiger partial charge in [0.05, 0.1) is 6.20 Å². The van der Waals surface area contributed by atoms with Gasteiger partial charge in [-0.15, -0.1) is 0 Å². The molecule has 8 heteroatoms. The van der Waals surface area contributed by atoms with E-state index in [2.05, 4.69) is 10.1 Å². The number of halogens is 1. The zero-order chi connectivity index (χ0) is 20.4. The Morgan fingerprint density at radius 3 is 2.69 bits per heavy atom. The van der Waals surface area contributed by atoms with Crippen LogP contribution in [0.15, 0.2) is 41.6 Å². The SMILES string of the molecule is Cn1ncc2c(=O)n(CC(=O)N(CCc3ccc(F)cc3)C3CCCC3)cnc21. The van der Waals surface area contributed by atoms with Crippen LogP contribution in [0.5, 0.6) is 0 Å². The number of fused-ring (bicyclic) bond motifs is 1. The molecule has 0 atom stereocenters. The number of benzene rings is 1. The highest BCUT2D eigenvalue weighted by atomic mass is 19.1. The summed E-state index contributed by atoms with van der Waals surface area (Å²) in [5.74, 6) is -0.360. The van der Waals surface area contributed by atoms with Crippen LogP contribution in [-0.4, -0.2) is 42.7 Å². The summed E-state index contributed by atoms with van der Waals surface area (Å²) in [7, 11) is 1.72. The van der Waals surface area contributed by atoms with Gasteiger partial charge in [0.1, 0.15) is 24.1 Å². The molecule has 0 unspecified atom stereocenters. The Morgan fingerprint density at radius 2 is 1.97 bits per heavy atom. The van der Waals surface area contributed by atoms with E-state index in [0.29, 0.717) is 24.0 Å². The van der Waals surface area contributed by atoms with E-state index < -0.39 is 0 Å². The summed E-state index contributed by atoms with van der Waals surface area (Å²) >= 11 is 0. The molecule has 152 valence electrons. The topological polar surface area (TPSA) is 73.0 Å². The first-order valence-corrected chi connectivity index (χ1v) is 9.94. The Labute approximate surface area is 167 Å². The van der Waals surface area contributed by atoms with Crippen LogP contribution in [0.3, 0.4) is 0 Å². The van der Waals surface area contributed by atoms with Gasteiger partial charge in [-0.25, -0.2) is 9.37 Å². The highest BCUT2D eigenvalue weighted by molar-refractivity contribution is 5.77. The second-order valence-electron chi connectivity index (χ2n) is 7.58. The molecular formula is C21H24FN5O2. The van der Waals surface area contributed by atoms with Gasteiger partial charge in [-0.3, -0.25) is 18.8 Å². The lowest BCUT2D eigenvalue weighted by Gasteiger charge is -2.29. The van der Waals surface area contributed by atoms with Crippen molar-refractivity contribution in [1.29, 1.82) is 0 Å². The molecular weight excluding hydrogens is 373 g/mol. The van der Waals surface area contributed by atoms with Gasteiger partial charge in [0.15, 0.2) is 5.65 Å². The largest absolute Gasteiger partial charge is 0.338 e. The fourth-order valence-electron chi connectivity index (χ4n) is 4.04. The number of aryl methyl sites for hydroxylation is 1. The van der Waals surface area contributed by atoms with E-state index in [1.54, 1.807) is 19.2 Å². The van der Waals surface area contributed by atoms with Crippen molar-refractivity contribution in [2.24, 2.45) is 7.05 Å². The van der Waals surface area contributed by atoms with E-state index in [1.165, 1.54) is 33.9 Å². The van der Waals surface area contributed by atoms with E-state index in [-0.39, 0.29) is 29.9 Å². The molecule has 1 fully saturated rings. The quantitative estimate of drug-likeness (QED) is 0.640. The molecule has 0 saturated heterocycles. The minimum absolute atomic E-state index is 0.0451. The molecule has 2 heterocycles. The van der Waals surface area contributed by atoms with Gasteiger partial charge in [0.25, 0.3) is 5.56 Å². The predicted molar refractivity (Wildman–Crippen MR) is 107 cm³/mol. The first kappa shape index (κ1) is 19.3. The van der Waals surface area contributed by atoms with Crippen molar-refractivity contribution in [3.63, 3.8) is 0 Å². The molecule has 0 radical (unpaired) electrons. The smallest absolute Gasteiger partial charge is 0.264 e. The molecule has 1 aliphatic rings. The molecule has 0 aliphatic heterocycles. The molecule has 3 aromatic rings. The fraction of sp³-hybridized carbons (Fsp3) is 0.429. The van der Waals surface area contributed by atoms with Gasteiger partial charge in [-0.2, -0.15) is 5.10 Å². The molecule has 1 aromatic carbocycles. The monoisotopic (exact) mass is 397 g/mol. The molecule has 7 nitrogen and oxygen atoms in total. The first-order valence-electron chi connectivity index (χ1n) is 9.94. The van der Waals surface area contributed by atoms with Crippen LogP contribution in [0, 0.1) is 5.82 Å². The lowest BCUT2D eigenvalue weighted by molar-refractivity contribution is -0.134. The second-order valence-corrected chi connectivity index (χ2v) is 7.58. The van der Waals surface area contributed by atoms with Crippen molar-refractivity contribution in [2.75, 3.05) is 6.54 Å². The first-order chi connectivity index (χ1) is 14.0. The van der Waals surface area contributed by atoms with E-state index >= 15 is 0 Å². The average molecular weight is 397 g/mol. The van der Waals surface area contributed by atoms with Crippen LogP contribution in [0.2, 0.25) is 0 Å². The molecule has 0 spiro atoms. The molecule has 1 saturated carbocycles. The minimum atomic E-state index is -0.268. The van der Waals surface area contributed by atoms with Crippen LogP contribution in [0.25, 0.3) is 11.0 Å². The van der Waals surface area contributed by atoms with Crippen LogP contribution in [-0.2, 0) is 24.8 Å². The second kappa shape index (κ2) is 8.14. The Hall–Kier alpha value is -3.03. The standard InChI is InChI=1S/C21H24FN5O2/c1-25-20-18(12-24-25)21(29)26(14-23-20)13-19(28)27(17-4-2-3-5-17)11-10-15-6-8-16(22)9-7-15/h6-9,12,14,17H,2-5,10-11,13H2,1H3. The third-order valence-corrected chi connectivity index (χ3v) is 5.66. The lowest BCUT2D eigenvalue weighted by Crippen LogP contribution is -2.43. The zero-order valence-electron chi connectivity index (χ0n) is 16.4. The van der Waals surface area contributed by atoms with Gasteiger partial charge < -0.3 is 4.90 Å². The number of carbonyl (C=O) groups is 1. The van der Waals surface area contributed by atoms with Gasteiger partial charge in [0, 0.05) is 19.6 Å². The Kier molecular flexibility index (Phi) is 5.42. The Balaban J connectivity index is 1.52. The predicted octanol–water partition coefficient (Wildman–Crippen LogP) is 2.28.